The van der Waals surface area contributed by atoms with Crippen LogP contribution in [-0.4, -0.2) is 159 Å². The van der Waals surface area contributed by atoms with Crippen LogP contribution in [0.1, 0.15) is 114 Å². The molecule has 7 N–H and O–H groups in total. The van der Waals surface area contributed by atoms with Crippen LogP contribution in [0.3, 0.4) is 0 Å². The Bertz CT molecular complexity index is 4410. The van der Waals surface area contributed by atoms with Crippen LogP contribution in [0.2, 0.25) is 0 Å². The number of aliphatic hydroxyl groups is 1. The summed E-state index contributed by atoms with van der Waals surface area (Å²) in [7, 11) is 4.56. The molecule has 1 aliphatic carbocycles. The number of aliphatic hydroxyl groups excluding tert-OH is 1. The minimum atomic E-state index is -1.50. The number of anilines is 4. The maximum Gasteiger partial charge on any atom is 0.416 e. The predicted octanol–water partition coefficient (Wildman–Crippen LogP) is 7.25. The molecule has 5 atom stereocenters. The molecule has 6 aromatic carbocycles. The number of hydrogen-bond acceptors (Lipinski definition) is 17. The summed E-state index contributed by atoms with van der Waals surface area (Å²) >= 11 is 0. The van der Waals surface area contributed by atoms with Crippen molar-refractivity contribution in [3.63, 3.8) is 0 Å². The highest BCUT2D eigenvalue weighted by Crippen LogP contribution is 2.57. The first-order valence-corrected chi connectivity index (χ1v) is 34.3. The van der Waals surface area contributed by atoms with E-state index in [2.05, 4.69) is 43.7 Å². The van der Waals surface area contributed by atoms with Crippen LogP contribution in [0.15, 0.2) is 128 Å². The highest BCUT2D eigenvalue weighted by molar-refractivity contribution is 6.07. The van der Waals surface area contributed by atoms with Gasteiger partial charge in [0.2, 0.25) is 35.4 Å². The van der Waals surface area contributed by atoms with Crippen LogP contribution in [-0.2, 0) is 46.7 Å². The molecule has 9 amide bonds. The fraction of sp³-hybridized carbons (Fsp3) is 0.364. The summed E-state index contributed by atoms with van der Waals surface area (Å²) in [6, 6.07) is 32.3. The van der Waals surface area contributed by atoms with Crippen molar-refractivity contribution in [3.05, 3.63) is 166 Å². The highest BCUT2D eigenvalue weighted by atomic mass is 16.6. The number of methoxy groups -OCH3 is 3. The molecular formula is C77H82N10O16. The van der Waals surface area contributed by atoms with Gasteiger partial charge in [-0.05, 0) is 121 Å². The van der Waals surface area contributed by atoms with Crippen molar-refractivity contribution in [1.82, 2.24) is 31.1 Å². The summed E-state index contributed by atoms with van der Waals surface area (Å²) in [5.41, 5.74) is 6.89. The molecule has 2 fully saturated rings. The number of amides is 9. The number of fused-ring (bicyclic) bond motifs is 6. The Hall–Kier alpha value is -11.6. The lowest BCUT2D eigenvalue weighted by Gasteiger charge is -2.31. The van der Waals surface area contributed by atoms with Gasteiger partial charge in [-0.3, -0.25) is 38.4 Å². The summed E-state index contributed by atoms with van der Waals surface area (Å²) in [4.78, 5) is 128. The van der Waals surface area contributed by atoms with Gasteiger partial charge >= 0.3 is 6.09 Å². The molecule has 6 aliphatic rings. The fourth-order valence-electron chi connectivity index (χ4n) is 13.4. The quantitative estimate of drug-likeness (QED) is 0.0219. The second-order valence-corrected chi connectivity index (χ2v) is 26.7. The van der Waals surface area contributed by atoms with E-state index in [0.29, 0.717) is 77.6 Å². The minimum absolute atomic E-state index is 0.0566. The molecule has 6 aromatic rings. The number of ether oxygens (including phenoxy) is 6. The first-order chi connectivity index (χ1) is 49.7. The van der Waals surface area contributed by atoms with Gasteiger partial charge in [0.15, 0.2) is 29.2 Å². The Labute approximate surface area is 595 Å². The van der Waals surface area contributed by atoms with E-state index >= 15 is 0 Å². The van der Waals surface area contributed by atoms with Gasteiger partial charge in [-0.25, -0.2) is 9.69 Å². The standard InChI is InChI=1S/C77H82N10O16/c1-45(2)70(83-68(90)40-80-67(89)39-79-66(88)25-26-69(91)85-41-51-15-8-7-13-48(51)21-22-49-14-9-10-18-59(49)85)72(93)81-46(3)71(92)82-53-23-19-47(20-24-53)43-103-76(97)87-60-36-65(63(100-6)34-57(60)74(95)86-44-77(27-28-77)37-61(86)75(87)96)102-30-12-29-101-64-35-58-56(33-62(64)99-5)73(94)84-42-52(31-54(84)38-78-58)50-16-11-17-55(32-50)98-4/h7-11,13-20,23-24,32-36,42,45-46,54,61,70,75,78,96H,12,25-31,37-41,43-44H2,1-6H3,(H,79,88)(H,80,89)(H,81,93)(H,82,92)(H,83,90)/t46-,54-,61-,70-,75?/m0/s1. The Kier molecular flexibility index (Phi) is 21.5. The van der Waals surface area contributed by atoms with E-state index < -0.39 is 79.0 Å². The van der Waals surface area contributed by atoms with Crippen molar-refractivity contribution in [3.8, 4) is 40.6 Å². The van der Waals surface area contributed by atoms with Crippen molar-refractivity contribution >= 4 is 81.7 Å². The number of para-hydroxylation sites is 1. The number of hydrogen-bond donors (Lipinski definition) is 7. The van der Waals surface area contributed by atoms with E-state index in [4.69, 9.17) is 28.4 Å². The fourth-order valence-corrected chi connectivity index (χ4v) is 13.4. The molecule has 0 bridgehead atoms. The number of nitrogens with one attached hydrogen (secondary N) is 6. The third-order valence-corrected chi connectivity index (χ3v) is 19.3. The first kappa shape index (κ1) is 71.2. The minimum Gasteiger partial charge on any atom is -0.497 e. The molecule has 26 heteroatoms. The molecule has 1 unspecified atom stereocenters. The monoisotopic (exact) mass is 1400 g/mol. The van der Waals surface area contributed by atoms with Gasteiger partial charge in [0.05, 0.1) is 94.5 Å². The highest BCUT2D eigenvalue weighted by Gasteiger charge is 2.58. The molecule has 5 heterocycles. The van der Waals surface area contributed by atoms with Gasteiger partial charge in [-0.15, -0.1) is 0 Å². The largest absolute Gasteiger partial charge is 0.497 e. The second-order valence-electron chi connectivity index (χ2n) is 26.7. The van der Waals surface area contributed by atoms with Crippen LogP contribution in [0, 0.1) is 23.2 Å². The number of rotatable bonds is 25. The topological polar surface area (TPSA) is 314 Å². The Morgan fingerprint density at radius 1 is 0.689 bits per heavy atom. The molecule has 26 nitrogen and oxygen atoms in total. The third kappa shape index (κ3) is 16.1. The van der Waals surface area contributed by atoms with E-state index in [9.17, 15) is 48.3 Å². The summed E-state index contributed by atoms with van der Waals surface area (Å²) in [5, 5.41) is 28.5. The Balaban J connectivity index is 0.606. The van der Waals surface area contributed by atoms with Crippen molar-refractivity contribution in [1.29, 1.82) is 0 Å². The average Bonchev–Trinajstić information content (AvgIpc) is 1.57. The van der Waals surface area contributed by atoms with Crippen LogP contribution in [0.5, 0.6) is 28.7 Å². The lowest BCUT2D eigenvalue weighted by molar-refractivity contribution is -0.132. The van der Waals surface area contributed by atoms with Crippen molar-refractivity contribution in [2.24, 2.45) is 11.3 Å². The molecule has 0 radical (unpaired) electrons. The molecule has 1 saturated carbocycles. The normalized spacial score (nSPS) is 17.7. The van der Waals surface area contributed by atoms with E-state index in [0.717, 1.165) is 45.8 Å². The number of nitrogens with zero attached hydrogens (tertiary/aromatic N) is 4. The SMILES string of the molecule is COc1cccc(C2=CN3C(=O)c4cc(OC)c(OCCCOc5cc6c(cc5OC)C(=O)N5CC7(CC7)C[C@H]5C(O)N6C(=O)OCc5ccc(NC(=O)[C@H](C)NC(=O)[C@@H](NC(=O)CNC(=O)CNC(=O)CCC(=O)N6Cc7ccccc7C#Cc7ccccc76)C(C)C)cc5)cc4NC[C@@H]3C2)c1. The summed E-state index contributed by atoms with van der Waals surface area (Å²) in [5.74, 6) is 3.74. The lowest BCUT2D eigenvalue weighted by atomic mass is 10.0. The van der Waals surface area contributed by atoms with E-state index in [1.54, 1.807) is 78.1 Å². The molecule has 0 aromatic heterocycles. The molecule has 12 rings (SSSR count). The maximum absolute atomic E-state index is 14.5. The van der Waals surface area contributed by atoms with Crippen LogP contribution in [0.4, 0.5) is 27.5 Å². The van der Waals surface area contributed by atoms with Gasteiger partial charge < -0.3 is 80.1 Å². The van der Waals surface area contributed by atoms with Crippen molar-refractivity contribution in [2.75, 3.05) is 81.2 Å². The summed E-state index contributed by atoms with van der Waals surface area (Å²) in [6.45, 7) is 5.01. The number of carbonyl (C=O) groups excluding carboxylic acids is 9. The van der Waals surface area contributed by atoms with E-state index in [1.807, 2.05) is 72.9 Å². The molecule has 5 aliphatic heterocycles. The number of benzene rings is 6. The van der Waals surface area contributed by atoms with Crippen LogP contribution >= 0.6 is 0 Å². The van der Waals surface area contributed by atoms with Gasteiger partial charge in [-0.2, -0.15) is 0 Å². The van der Waals surface area contributed by atoms with Crippen LogP contribution < -0.4 is 65.4 Å². The molecule has 1 spiro atoms. The predicted molar refractivity (Wildman–Crippen MR) is 380 cm³/mol. The molecule has 103 heavy (non-hydrogen) atoms. The van der Waals surface area contributed by atoms with Crippen LogP contribution in [0.25, 0.3) is 5.57 Å². The zero-order valence-corrected chi connectivity index (χ0v) is 58.1. The van der Waals surface area contributed by atoms with E-state index in [-0.39, 0.29) is 91.1 Å². The molecule has 1 saturated heterocycles. The maximum atomic E-state index is 14.5. The van der Waals surface area contributed by atoms with Gasteiger partial charge in [-0.1, -0.05) is 80.3 Å². The van der Waals surface area contributed by atoms with Crippen molar-refractivity contribution in [2.45, 2.75) is 109 Å². The second kappa shape index (κ2) is 31.1. The zero-order chi connectivity index (χ0) is 72.6. The Morgan fingerprint density at radius 3 is 2.11 bits per heavy atom. The van der Waals surface area contributed by atoms with Gasteiger partial charge in [0, 0.05) is 67.5 Å². The zero-order valence-electron chi connectivity index (χ0n) is 58.1. The smallest absolute Gasteiger partial charge is 0.416 e. The number of carbonyl (C=O) groups is 9. The van der Waals surface area contributed by atoms with Gasteiger partial charge in [0.1, 0.15) is 24.4 Å². The average molecular weight is 1400 g/mol. The first-order valence-electron chi connectivity index (χ1n) is 34.3. The molecular weight excluding hydrogens is 1320 g/mol. The molecule has 536 valence electrons. The summed E-state index contributed by atoms with van der Waals surface area (Å²) in [6.07, 6.45) is 2.38. The summed E-state index contributed by atoms with van der Waals surface area (Å²) < 4.78 is 35.3. The van der Waals surface area contributed by atoms with E-state index in [1.165, 1.54) is 33.3 Å². The lowest BCUT2D eigenvalue weighted by Crippen LogP contribution is -2.55. The van der Waals surface area contributed by atoms with Gasteiger partial charge in [0.25, 0.3) is 11.8 Å². The Morgan fingerprint density at radius 2 is 1.38 bits per heavy atom. The third-order valence-electron chi connectivity index (χ3n) is 19.3. The van der Waals surface area contributed by atoms with Crippen molar-refractivity contribution < 1.29 is 76.7 Å².